The smallest absolute Gasteiger partial charge is 0.252 e. The highest BCUT2D eigenvalue weighted by Gasteiger charge is 2.15. The fraction of sp³-hybridized carbons (Fsp3) is 0.188. The number of rotatable bonds is 5. The number of aryl methyl sites for hydroxylation is 1. The van der Waals surface area contributed by atoms with Gasteiger partial charge in [-0.3, -0.25) is 4.79 Å². The third-order valence-corrected chi connectivity index (χ3v) is 3.68. The van der Waals surface area contributed by atoms with Gasteiger partial charge in [0.05, 0.1) is 5.56 Å². The summed E-state index contributed by atoms with van der Waals surface area (Å²) < 4.78 is 5.54. The molecule has 0 aromatic heterocycles. The van der Waals surface area contributed by atoms with Gasteiger partial charge in [0.15, 0.2) is 0 Å². The fourth-order valence-corrected chi connectivity index (χ4v) is 2.52. The number of nitrogens with two attached hydrogens (primary N) is 1. The Morgan fingerprint density at radius 1 is 1.27 bits per heavy atom. The molecule has 0 saturated heterocycles. The molecule has 22 heavy (non-hydrogen) atoms. The highest BCUT2D eigenvalue weighted by atomic mass is 35.5. The number of hydrogen-bond acceptors (Lipinski definition) is 3. The highest BCUT2D eigenvalue weighted by Crippen LogP contribution is 2.28. The van der Waals surface area contributed by atoms with Gasteiger partial charge >= 0.3 is 0 Å². The van der Waals surface area contributed by atoms with E-state index in [1.807, 2.05) is 6.92 Å². The summed E-state index contributed by atoms with van der Waals surface area (Å²) in [6, 6.07) is 9.85. The Labute approximate surface area is 138 Å². The summed E-state index contributed by atoms with van der Waals surface area (Å²) in [5.74, 6) is -0.259. The van der Waals surface area contributed by atoms with E-state index < -0.39 is 12.0 Å². The topological polar surface area (TPSA) is 72.6 Å². The molecule has 1 amide bonds. The zero-order valence-corrected chi connectivity index (χ0v) is 13.4. The standard InChI is InChI=1S/C16H15Cl2NO3/c1-9-2-4-12(16(19)21)15(6-9)22-8-14(20)11-5-3-10(17)7-13(11)18/h2-7,14,20H,8H2,1H3,(H2,19,21). The van der Waals surface area contributed by atoms with E-state index in [-0.39, 0.29) is 12.2 Å². The number of aliphatic hydroxyl groups excluding tert-OH is 1. The first-order chi connectivity index (χ1) is 10.4. The number of carbonyl (C=O) groups is 1. The summed E-state index contributed by atoms with van der Waals surface area (Å²) in [7, 11) is 0. The van der Waals surface area contributed by atoms with Crippen LogP contribution in [0.2, 0.25) is 10.0 Å². The van der Waals surface area contributed by atoms with E-state index in [0.29, 0.717) is 21.4 Å². The molecule has 0 saturated carbocycles. The number of aliphatic hydroxyl groups is 1. The average molecular weight is 340 g/mol. The van der Waals surface area contributed by atoms with Crippen LogP contribution in [0.15, 0.2) is 36.4 Å². The number of ether oxygens (including phenoxy) is 1. The maximum Gasteiger partial charge on any atom is 0.252 e. The van der Waals surface area contributed by atoms with E-state index in [4.69, 9.17) is 33.7 Å². The summed E-state index contributed by atoms with van der Waals surface area (Å²) >= 11 is 11.9. The van der Waals surface area contributed by atoms with Crippen molar-refractivity contribution in [3.63, 3.8) is 0 Å². The molecule has 0 bridgehead atoms. The van der Waals surface area contributed by atoms with Crippen LogP contribution < -0.4 is 10.5 Å². The number of halogens is 2. The summed E-state index contributed by atoms with van der Waals surface area (Å²) in [6.07, 6.45) is -0.953. The van der Waals surface area contributed by atoms with Gasteiger partial charge < -0.3 is 15.6 Å². The summed E-state index contributed by atoms with van der Waals surface area (Å²) in [6.45, 7) is 1.80. The van der Waals surface area contributed by atoms with Crippen LogP contribution in [0.25, 0.3) is 0 Å². The van der Waals surface area contributed by atoms with Gasteiger partial charge in [-0.25, -0.2) is 0 Å². The van der Waals surface area contributed by atoms with Gasteiger partial charge in [0, 0.05) is 15.6 Å². The average Bonchev–Trinajstić information content (AvgIpc) is 2.44. The van der Waals surface area contributed by atoms with Gasteiger partial charge in [0.2, 0.25) is 0 Å². The molecule has 0 radical (unpaired) electrons. The molecule has 1 unspecified atom stereocenters. The zero-order chi connectivity index (χ0) is 16.3. The number of carbonyl (C=O) groups excluding carboxylic acids is 1. The molecule has 0 aliphatic carbocycles. The molecule has 0 aliphatic heterocycles. The van der Waals surface area contributed by atoms with Gasteiger partial charge in [0.25, 0.3) is 5.91 Å². The minimum absolute atomic E-state index is 0.0644. The lowest BCUT2D eigenvalue weighted by Crippen LogP contribution is -2.16. The lowest BCUT2D eigenvalue weighted by Gasteiger charge is -2.16. The van der Waals surface area contributed by atoms with Crippen molar-refractivity contribution in [1.29, 1.82) is 0 Å². The molecule has 2 rings (SSSR count). The van der Waals surface area contributed by atoms with Gasteiger partial charge in [-0.15, -0.1) is 0 Å². The maximum atomic E-state index is 11.4. The van der Waals surface area contributed by atoms with E-state index in [2.05, 4.69) is 0 Å². The van der Waals surface area contributed by atoms with Crippen LogP contribution >= 0.6 is 23.2 Å². The molecule has 116 valence electrons. The number of primary amides is 1. The second-order valence-corrected chi connectivity index (χ2v) is 5.70. The molecule has 0 fully saturated rings. The van der Waals surface area contributed by atoms with E-state index in [1.54, 1.807) is 36.4 Å². The van der Waals surface area contributed by atoms with Crippen molar-refractivity contribution < 1.29 is 14.6 Å². The van der Waals surface area contributed by atoms with Crippen LogP contribution in [0.3, 0.4) is 0 Å². The molecular weight excluding hydrogens is 325 g/mol. The molecule has 1 atom stereocenters. The lowest BCUT2D eigenvalue weighted by atomic mass is 10.1. The summed E-state index contributed by atoms with van der Waals surface area (Å²) in [4.78, 5) is 11.4. The second kappa shape index (κ2) is 7.01. The van der Waals surface area contributed by atoms with E-state index in [9.17, 15) is 9.90 Å². The van der Waals surface area contributed by atoms with Crippen molar-refractivity contribution in [3.05, 3.63) is 63.1 Å². The Hall–Kier alpha value is -1.75. The summed E-state index contributed by atoms with van der Waals surface area (Å²) in [5, 5.41) is 11.0. The van der Waals surface area contributed by atoms with Crippen molar-refractivity contribution in [2.75, 3.05) is 6.61 Å². The highest BCUT2D eigenvalue weighted by molar-refractivity contribution is 6.35. The first-order valence-electron chi connectivity index (χ1n) is 6.54. The van der Waals surface area contributed by atoms with Crippen LogP contribution in [-0.4, -0.2) is 17.6 Å². The maximum absolute atomic E-state index is 11.4. The van der Waals surface area contributed by atoms with Crippen LogP contribution in [0.1, 0.15) is 27.6 Å². The van der Waals surface area contributed by atoms with E-state index in [0.717, 1.165) is 5.56 Å². The van der Waals surface area contributed by atoms with Crippen molar-refractivity contribution in [3.8, 4) is 5.75 Å². The molecule has 6 heteroatoms. The van der Waals surface area contributed by atoms with Gasteiger partial charge in [0.1, 0.15) is 18.5 Å². The van der Waals surface area contributed by atoms with Crippen LogP contribution in [0.4, 0.5) is 0 Å². The zero-order valence-electron chi connectivity index (χ0n) is 11.8. The van der Waals surface area contributed by atoms with Crippen LogP contribution in [-0.2, 0) is 0 Å². The SMILES string of the molecule is Cc1ccc(C(N)=O)c(OCC(O)c2ccc(Cl)cc2Cl)c1. The summed E-state index contributed by atoms with van der Waals surface area (Å²) in [5.41, 5.74) is 6.98. The molecule has 4 nitrogen and oxygen atoms in total. The predicted molar refractivity (Wildman–Crippen MR) is 86.6 cm³/mol. The molecule has 0 spiro atoms. The van der Waals surface area contributed by atoms with E-state index in [1.165, 1.54) is 0 Å². The van der Waals surface area contributed by atoms with Gasteiger partial charge in [-0.2, -0.15) is 0 Å². The monoisotopic (exact) mass is 339 g/mol. The Balaban J connectivity index is 2.16. The van der Waals surface area contributed by atoms with Crippen LogP contribution in [0, 0.1) is 6.92 Å². The van der Waals surface area contributed by atoms with Crippen molar-refractivity contribution in [2.24, 2.45) is 5.73 Å². The Kier molecular flexibility index (Phi) is 5.29. The Bertz CT molecular complexity index is 704. The van der Waals surface area contributed by atoms with Crippen molar-refractivity contribution in [1.82, 2.24) is 0 Å². The molecule has 0 heterocycles. The largest absolute Gasteiger partial charge is 0.490 e. The first-order valence-corrected chi connectivity index (χ1v) is 7.30. The predicted octanol–water partition coefficient (Wildman–Crippen LogP) is 3.51. The number of hydrogen-bond donors (Lipinski definition) is 2. The third-order valence-electron chi connectivity index (χ3n) is 3.12. The van der Waals surface area contributed by atoms with Gasteiger partial charge in [-0.05, 0) is 36.8 Å². The molecule has 3 N–H and O–H groups in total. The Morgan fingerprint density at radius 2 is 2.00 bits per heavy atom. The normalized spacial score (nSPS) is 12.0. The van der Waals surface area contributed by atoms with Crippen LogP contribution in [0.5, 0.6) is 5.75 Å². The van der Waals surface area contributed by atoms with Crippen molar-refractivity contribution in [2.45, 2.75) is 13.0 Å². The van der Waals surface area contributed by atoms with Crippen molar-refractivity contribution >= 4 is 29.1 Å². The number of amides is 1. The molecule has 0 aliphatic rings. The quantitative estimate of drug-likeness (QED) is 0.875. The lowest BCUT2D eigenvalue weighted by molar-refractivity contribution is 0.0967. The third kappa shape index (κ3) is 3.91. The minimum atomic E-state index is -0.953. The second-order valence-electron chi connectivity index (χ2n) is 4.86. The Morgan fingerprint density at radius 3 is 2.64 bits per heavy atom. The first kappa shape index (κ1) is 16.6. The molecular formula is C16H15Cl2NO3. The molecule has 2 aromatic rings. The van der Waals surface area contributed by atoms with Gasteiger partial charge in [-0.1, -0.05) is 35.3 Å². The number of benzene rings is 2. The van der Waals surface area contributed by atoms with E-state index >= 15 is 0 Å². The minimum Gasteiger partial charge on any atom is -0.490 e. The fourth-order valence-electron chi connectivity index (χ4n) is 1.98. The molecule has 2 aromatic carbocycles.